The van der Waals surface area contributed by atoms with Crippen molar-refractivity contribution in [3.63, 3.8) is 0 Å². The first-order valence-electron chi connectivity index (χ1n) is 8.04. The van der Waals surface area contributed by atoms with Crippen LogP contribution in [0.4, 0.5) is 0 Å². The summed E-state index contributed by atoms with van der Waals surface area (Å²) in [5, 5.41) is 3.37. The molecule has 0 atom stereocenters. The zero-order chi connectivity index (χ0) is 13.5. The summed E-state index contributed by atoms with van der Waals surface area (Å²) in [4.78, 5) is 16.6. The number of unbranched alkanes of at least 4 members (excludes halogenated alkanes) is 4. The lowest BCUT2D eigenvalue weighted by Gasteiger charge is -2.46. The first kappa shape index (κ1) is 14.8. The zero-order valence-corrected chi connectivity index (χ0v) is 12.4. The number of hydrogen-bond acceptors (Lipinski definition) is 3. The Morgan fingerprint density at radius 3 is 2.47 bits per heavy atom. The van der Waals surface area contributed by atoms with E-state index >= 15 is 0 Å². The van der Waals surface area contributed by atoms with Crippen molar-refractivity contribution in [2.24, 2.45) is 0 Å². The average molecular weight is 267 g/mol. The van der Waals surface area contributed by atoms with Gasteiger partial charge in [0.2, 0.25) is 5.91 Å². The Morgan fingerprint density at radius 1 is 1.11 bits per heavy atom. The third kappa shape index (κ3) is 4.46. The van der Waals surface area contributed by atoms with Crippen molar-refractivity contribution in [1.29, 1.82) is 0 Å². The van der Waals surface area contributed by atoms with Crippen LogP contribution in [0.3, 0.4) is 0 Å². The van der Waals surface area contributed by atoms with E-state index in [0.29, 0.717) is 11.9 Å². The minimum Gasteiger partial charge on any atom is -0.339 e. The van der Waals surface area contributed by atoms with Gasteiger partial charge in [-0.3, -0.25) is 9.69 Å². The summed E-state index contributed by atoms with van der Waals surface area (Å²) >= 11 is 0. The van der Waals surface area contributed by atoms with Gasteiger partial charge < -0.3 is 10.2 Å². The highest BCUT2D eigenvalue weighted by molar-refractivity contribution is 5.77. The standard InChI is InChI=1S/C15H29N3O/c1-2-3-4-5-6-7-15(19)18-12-14(13-18)17-10-8-16-9-11-17/h14,16H,2-13H2,1H3. The monoisotopic (exact) mass is 267 g/mol. The number of amides is 1. The number of carbonyl (C=O) groups is 1. The number of likely N-dealkylation sites (tertiary alicyclic amines) is 1. The van der Waals surface area contributed by atoms with Gasteiger partial charge in [-0.25, -0.2) is 0 Å². The Morgan fingerprint density at radius 2 is 1.79 bits per heavy atom. The van der Waals surface area contributed by atoms with E-state index < -0.39 is 0 Å². The molecule has 2 fully saturated rings. The minimum atomic E-state index is 0.378. The molecular weight excluding hydrogens is 238 g/mol. The highest BCUT2D eigenvalue weighted by Crippen LogP contribution is 2.17. The van der Waals surface area contributed by atoms with Crippen LogP contribution in [0.25, 0.3) is 0 Å². The quantitative estimate of drug-likeness (QED) is 0.709. The predicted octanol–water partition coefficient (Wildman–Crippen LogP) is 1.46. The summed E-state index contributed by atoms with van der Waals surface area (Å²) in [7, 11) is 0. The summed E-state index contributed by atoms with van der Waals surface area (Å²) in [6.07, 6.45) is 6.92. The summed E-state index contributed by atoms with van der Waals surface area (Å²) in [5.41, 5.74) is 0. The molecule has 0 aliphatic carbocycles. The van der Waals surface area contributed by atoms with Crippen LogP contribution in [-0.4, -0.2) is 61.0 Å². The second-order valence-electron chi connectivity index (χ2n) is 5.90. The topological polar surface area (TPSA) is 35.6 Å². The predicted molar refractivity (Wildman–Crippen MR) is 78.2 cm³/mol. The highest BCUT2D eigenvalue weighted by atomic mass is 16.2. The van der Waals surface area contributed by atoms with Crippen molar-refractivity contribution in [2.75, 3.05) is 39.3 Å². The SMILES string of the molecule is CCCCCCCC(=O)N1CC(N2CCNCC2)C1. The molecule has 4 nitrogen and oxygen atoms in total. The lowest BCUT2D eigenvalue weighted by molar-refractivity contribution is -0.139. The maximum Gasteiger partial charge on any atom is 0.222 e. The molecule has 4 heteroatoms. The van der Waals surface area contributed by atoms with E-state index in [1.807, 2.05) is 4.90 Å². The van der Waals surface area contributed by atoms with Gasteiger partial charge in [0.15, 0.2) is 0 Å². The second kappa shape index (κ2) is 7.85. The summed E-state index contributed by atoms with van der Waals surface area (Å²) in [6.45, 7) is 8.64. The number of nitrogens with one attached hydrogen (secondary N) is 1. The summed E-state index contributed by atoms with van der Waals surface area (Å²) in [6, 6.07) is 0.631. The molecule has 2 heterocycles. The van der Waals surface area contributed by atoms with Gasteiger partial charge in [0, 0.05) is 51.7 Å². The Labute approximate surface area is 117 Å². The third-order valence-corrected chi connectivity index (χ3v) is 4.38. The zero-order valence-electron chi connectivity index (χ0n) is 12.4. The molecular formula is C15H29N3O. The van der Waals surface area contributed by atoms with Gasteiger partial charge >= 0.3 is 0 Å². The fourth-order valence-electron chi connectivity index (χ4n) is 2.98. The van der Waals surface area contributed by atoms with Gasteiger partial charge in [0.05, 0.1) is 0 Å². The maximum atomic E-state index is 12.0. The van der Waals surface area contributed by atoms with Crippen LogP contribution in [0.1, 0.15) is 45.4 Å². The molecule has 0 bridgehead atoms. The lowest BCUT2D eigenvalue weighted by atomic mass is 10.0. The van der Waals surface area contributed by atoms with Crippen LogP contribution in [0.5, 0.6) is 0 Å². The van der Waals surface area contributed by atoms with Crippen molar-refractivity contribution >= 4 is 5.91 Å². The third-order valence-electron chi connectivity index (χ3n) is 4.38. The molecule has 0 spiro atoms. The molecule has 2 saturated heterocycles. The largest absolute Gasteiger partial charge is 0.339 e. The van der Waals surface area contributed by atoms with E-state index in [1.54, 1.807) is 0 Å². The first-order valence-corrected chi connectivity index (χ1v) is 8.04. The van der Waals surface area contributed by atoms with E-state index in [2.05, 4.69) is 17.1 Å². The van der Waals surface area contributed by atoms with Crippen molar-refractivity contribution in [1.82, 2.24) is 15.1 Å². The molecule has 0 aromatic carbocycles. The van der Waals surface area contributed by atoms with Crippen LogP contribution in [-0.2, 0) is 4.79 Å². The van der Waals surface area contributed by atoms with Crippen molar-refractivity contribution in [3.05, 3.63) is 0 Å². The fourth-order valence-corrected chi connectivity index (χ4v) is 2.98. The fraction of sp³-hybridized carbons (Fsp3) is 0.933. The summed E-state index contributed by atoms with van der Waals surface area (Å²) < 4.78 is 0. The molecule has 0 aromatic rings. The molecule has 2 aliphatic rings. The number of carbonyl (C=O) groups excluding carboxylic acids is 1. The van der Waals surface area contributed by atoms with Gasteiger partial charge in [0.1, 0.15) is 0 Å². The lowest BCUT2D eigenvalue weighted by Crippen LogP contribution is -2.63. The van der Waals surface area contributed by atoms with Crippen LogP contribution < -0.4 is 5.32 Å². The van der Waals surface area contributed by atoms with E-state index in [4.69, 9.17) is 0 Å². The molecule has 19 heavy (non-hydrogen) atoms. The molecule has 1 N–H and O–H groups in total. The summed E-state index contributed by atoms with van der Waals surface area (Å²) in [5.74, 6) is 0.378. The van der Waals surface area contributed by atoms with Crippen LogP contribution in [0.15, 0.2) is 0 Å². The minimum absolute atomic E-state index is 0.378. The normalized spacial score (nSPS) is 21.4. The molecule has 2 aliphatic heterocycles. The first-order chi connectivity index (χ1) is 9.31. The molecule has 0 radical (unpaired) electrons. The molecule has 1 amide bonds. The Balaban J connectivity index is 1.54. The van der Waals surface area contributed by atoms with E-state index in [0.717, 1.165) is 52.1 Å². The Kier molecular flexibility index (Phi) is 6.11. The molecule has 0 saturated carbocycles. The number of piperazine rings is 1. The maximum absolute atomic E-state index is 12.0. The van der Waals surface area contributed by atoms with Gasteiger partial charge in [-0.2, -0.15) is 0 Å². The Hall–Kier alpha value is -0.610. The van der Waals surface area contributed by atoms with Crippen LogP contribution >= 0.6 is 0 Å². The second-order valence-corrected chi connectivity index (χ2v) is 5.90. The van der Waals surface area contributed by atoms with E-state index in [-0.39, 0.29) is 0 Å². The van der Waals surface area contributed by atoms with Gasteiger partial charge in [0.25, 0.3) is 0 Å². The number of rotatable bonds is 7. The van der Waals surface area contributed by atoms with Crippen molar-refractivity contribution < 1.29 is 4.79 Å². The Bertz CT molecular complexity index is 271. The number of hydrogen-bond donors (Lipinski definition) is 1. The van der Waals surface area contributed by atoms with E-state index in [1.165, 1.54) is 25.7 Å². The molecule has 0 unspecified atom stereocenters. The van der Waals surface area contributed by atoms with E-state index in [9.17, 15) is 4.79 Å². The molecule has 0 aromatic heterocycles. The van der Waals surface area contributed by atoms with Crippen LogP contribution in [0.2, 0.25) is 0 Å². The van der Waals surface area contributed by atoms with Crippen LogP contribution in [0, 0.1) is 0 Å². The molecule has 2 rings (SSSR count). The van der Waals surface area contributed by atoms with Gasteiger partial charge in [-0.15, -0.1) is 0 Å². The van der Waals surface area contributed by atoms with Crippen molar-refractivity contribution in [2.45, 2.75) is 51.5 Å². The smallest absolute Gasteiger partial charge is 0.222 e. The average Bonchev–Trinajstić information content (AvgIpc) is 2.38. The van der Waals surface area contributed by atoms with Crippen molar-refractivity contribution in [3.8, 4) is 0 Å². The van der Waals surface area contributed by atoms with Gasteiger partial charge in [-0.05, 0) is 6.42 Å². The highest BCUT2D eigenvalue weighted by Gasteiger charge is 2.34. The van der Waals surface area contributed by atoms with Gasteiger partial charge in [-0.1, -0.05) is 32.6 Å². The molecule has 110 valence electrons. The number of nitrogens with zero attached hydrogens (tertiary/aromatic N) is 2.